The van der Waals surface area contributed by atoms with E-state index in [1.54, 1.807) is 12.1 Å². The molecule has 0 unspecified atom stereocenters. The summed E-state index contributed by atoms with van der Waals surface area (Å²) in [6.07, 6.45) is 0. The second-order valence-corrected chi connectivity index (χ2v) is 5.55. The second kappa shape index (κ2) is 4.85. The molecule has 2 nitrogen and oxygen atoms in total. The monoisotopic (exact) mass is 285 g/mol. The number of aromatic nitrogens is 1. The van der Waals surface area contributed by atoms with Gasteiger partial charge < -0.3 is 5.11 Å². The van der Waals surface area contributed by atoms with Crippen molar-refractivity contribution in [3.8, 4) is 17.0 Å². The first-order chi connectivity index (χ1) is 10.7. The number of pyridine rings is 1. The predicted molar refractivity (Wildman–Crippen MR) is 91.1 cm³/mol. The molecule has 4 aromatic rings. The number of phenolic OH excluding ortho intramolecular Hbond substituents is 1. The molecule has 0 fully saturated rings. The number of nitrogens with zero attached hydrogens (tertiary/aromatic N) is 1. The summed E-state index contributed by atoms with van der Waals surface area (Å²) in [7, 11) is 0. The average molecular weight is 285 g/mol. The maximum atomic E-state index is 9.43. The van der Waals surface area contributed by atoms with Gasteiger partial charge in [0, 0.05) is 10.9 Å². The summed E-state index contributed by atoms with van der Waals surface area (Å²) >= 11 is 0. The Hall–Kier alpha value is -2.87. The first kappa shape index (κ1) is 12.8. The van der Waals surface area contributed by atoms with Crippen LogP contribution in [0.5, 0.6) is 5.75 Å². The first-order valence-electron chi connectivity index (χ1n) is 7.31. The van der Waals surface area contributed by atoms with Crippen LogP contribution < -0.4 is 0 Å². The normalized spacial score (nSPS) is 11.1. The minimum absolute atomic E-state index is 0.271. The number of phenols is 1. The Labute approximate surface area is 128 Å². The van der Waals surface area contributed by atoms with Gasteiger partial charge in [0.15, 0.2) is 0 Å². The molecule has 22 heavy (non-hydrogen) atoms. The highest BCUT2D eigenvalue weighted by atomic mass is 16.3. The third-order valence-corrected chi connectivity index (χ3v) is 4.06. The standard InChI is InChI=1S/C20H15NO/c1-13-12-19(15-6-9-16(22)10-7-15)21-18-11-8-14-4-2-3-5-17(14)20(13)18/h2-12,22H,1H3. The van der Waals surface area contributed by atoms with Crippen molar-refractivity contribution in [2.45, 2.75) is 6.92 Å². The number of hydrogen-bond donors (Lipinski definition) is 1. The van der Waals surface area contributed by atoms with Gasteiger partial charge in [0.05, 0.1) is 11.2 Å². The van der Waals surface area contributed by atoms with E-state index >= 15 is 0 Å². The molecule has 106 valence electrons. The summed E-state index contributed by atoms with van der Waals surface area (Å²) in [4.78, 5) is 4.80. The van der Waals surface area contributed by atoms with Crippen molar-refractivity contribution in [3.63, 3.8) is 0 Å². The highest BCUT2D eigenvalue weighted by Gasteiger charge is 2.08. The lowest BCUT2D eigenvalue weighted by Crippen LogP contribution is -1.90. The fourth-order valence-corrected chi connectivity index (χ4v) is 2.99. The van der Waals surface area contributed by atoms with Crippen LogP contribution in [-0.2, 0) is 0 Å². The molecule has 0 amide bonds. The van der Waals surface area contributed by atoms with Gasteiger partial charge in [-0.2, -0.15) is 0 Å². The van der Waals surface area contributed by atoms with Gasteiger partial charge in [-0.25, -0.2) is 4.98 Å². The molecule has 0 spiro atoms. The zero-order valence-electron chi connectivity index (χ0n) is 12.2. The Morgan fingerprint density at radius 3 is 2.45 bits per heavy atom. The molecule has 1 N–H and O–H groups in total. The molecule has 0 saturated heterocycles. The lowest BCUT2D eigenvalue weighted by Gasteiger charge is -2.09. The Bertz CT molecular complexity index is 988. The Morgan fingerprint density at radius 2 is 1.64 bits per heavy atom. The van der Waals surface area contributed by atoms with Gasteiger partial charge in [-0.15, -0.1) is 0 Å². The SMILES string of the molecule is Cc1cc(-c2ccc(O)cc2)nc2ccc3ccccc3c12. The Morgan fingerprint density at radius 1 is 0.864 bits per heavy atom. The summed E-state index contributed by atoms with van der Waals surface area (Å²) in [6, 6.07) is 21.9. The third-order valence-electron chi connectivity index (χ3n) is 4.06. The summed E-state index contributed by atoms with van der Waals surface area (Å²) in [6.45, 7) is 2.13. The minimum atomic E-state index is 0.271. The zero-order chi connectivity index (χ0) is 15.1. The van der Waals surface area contributed by atoms with Crippen molar-refractivity contribution in [1.82, 2.24) is 4.98 Å². The third kappa shape index (κ3) is 2.01. The number of fused-ring (bicyclic) bond motifs is 3. The molecule has 0 saturated carbocycles. The summed E-state index contributed by atoms with van der Waals surface area (Å²) in [5, 5.41) is 13.1. The van der Waals surface area contributed by atoms with Gasteiger partial charge in [0.2, 0.25) is 0 Å². The first-order valence-corrected chi connectivity index (χ1v) is 7.31. The van der Waals surface area contributed by atoms with Crippen molar-refractivity contribution in [2.75, 3.05) is 0 Å². The van der Waals surface area contributed by atoms with Crippen molar-refractivity contribution in [3.05, 3.63) is 72.3 Å². The van der Waals surface area contributed by atoms with Crippen molar-refractivity contribution >= 4 is 21.7 Å². The van der Waals surface area contributed by atoms with Gasteiger partial charge in [-0.05, 0) is 59.7 Å². The molecule has 0 radical (unpaired) electrons. The average Bonchev–Trinajstić information content (AvgIpc) is 2.55. The van der Waals surface area contributed by atoms with E-state index in [1.807, 2.05) is 12.1 Å². The number of hydrogen-bond acceptors (Lipinski definition) is 2. The van der Waals surface area contributed by atoms with Crippen molar-refractivity contribution in [1.29, 1.82) is 0 Å². The van der Waals surface area contributed by atoms with Crippen LogP contribution in [0.3, 0.4) is 0 Å². The number of rotatable bonds is 1. The second-order valence-electron chi connectivity index (χ2n) is 5.55. The molecule has 0 aliphatic heterocycles. The van der Waals surface area contributed by atoms with Crippen LogP contribution in [0.1, 0.15) is 5.56 Å². The number of benzene rings is 3. The molecular formula is C20H15NO. The van der Waals surface area contributed by atoms with E-state index in [9.17, 15) is 5.11 Å². The van der Waals surface area contributed by atoms with Crippen molar-refractivity contribution in [2.24, 2.45) is 0 Å². The Kier molecular flexibility index (Phi) is 2.83. The predicted octanol–water partition coefficient (Wildman–Crippen LogP) is 5.07. The lowest BCUT2D eigenvalue weighted by atomic mass is 9.99. The molecule has 1 heterocycles. The zero-order valence-corrected chi connectivity index (χ0v) is 12.2. The van der Waals surface area contributed by atoms with E-state index in [-0.39, 0.29) is 5.75 Å². The molecule has 2 heteroatoms. The maximum absolute atomic E-state index is 9.43. The molecule has 4 rings (SSSR count). The van der Waals surface area contributed by atoms with Gasteiger partial charge in [-0.1, -0.05) is 30.3 Å². The van der Waals surface area contributed by atoms with Gasteiger partial charge in [0.1, 0.15) is 5.75 Å². The lowest BCUT2D eigenvalue weighted by molar-refractivity contribution is 0.475. The van der Waals surface area contributed by atoms with Crippen LogP contribution in [0.2, 0.25) is 0 Å². The summed E-state index contributed by atoms with van der Waals surface area (Å²) in [5.74, 6) is 0.271. The highest BCUT2D eigenvalue weighted by Crippen LogP contribution is 2.30. The molecule has 3 aromatic carbocycles. The van der Waals surface area contributed by atoms with Crippen LogP contribution >= 0.6 is 0 Å². The van der Waals surface area contributed by atoms with Crippen LogP contribution in [-0.4, -0.2) is 10.1 Å². The summed E-state index contributed by atoms with van der Waals surface area (Å²) in [5.41, 5.74) is 4.16. The topological polar surface area (TPSA) is 33.1 Å². The molecule has 0 aliphatic carbocycles. The van der Waals surface area contributed by atoms with E-state index < -0.39 is 0 Å². The number of aromatic hydroxyl groups is 1. The van der Waals surface area contributed by atoms with Gasteiger partial charge in [0.25, 0.3) is 0 Å². The van der Waals surface area contributed by atoms with E-state index in [1.165, 1.54) is 21.7 Å². The van der Waals surface area contributed by atoms with E-state index in [2.05, 4.69) is 49.4 Å². The number of aryl methyl sites for hydroxylation is 1. The largest absolute Gasteiger partial charge is 0.508 e. The van der Waals surface area contributed by atoms with Gasteiger partial charge >= 0.3 is 0 Å². The quantitative estimate of drug-likeness (QED) is 0.495. The fourth-order valence-electron chi connectivity index (χ4n) is 2.99. The van der Waals surface area contributed by atoms with E-state index in [0.717, 1.165) is 16.8 Å². The van der Waals surface area contributed by atoms with Crippen LogP contribution in [0.4, 0.5) is 0 Å². The highest BCUT2D eigenvalue weighted by molar-refractivity contribution is 6.08. The molecular weight excluding hydrogens is 270 g/mol. The van der Waals surface area contributed by atoms with Gasteiger partial charge in [-0.3, -0.25) is 0 Å². The fraction of sp³-hybridized carbons (Fsp3) is 0.0500. The van der Waals surface area contributed by atoms with Crippen molar-refractivity contribution < 1.29 is 5.11 Å². The molecule has 0 atom stereocenters. The molecule has 0 bridgehead atoms. The Balaban J connectivity index is 2.01. The smallest absolute Gasteiger partial charge is 0.115 e. The summed E-state index contributed by atoms with van der Waals surface area (Å²) < 4.78 is 0. The molecule has 0 aliphatic rings. The van der Waals surface area contributed by atoms with Crippen LogP contribution in [0.25, 0.3) is 32.9 Å². The minimum Gasteiger partial charge on any atom is -0.508 e. The van der Waals surface area contributed by atoms with E-state index in [0.29, 0.717) is 0 Å². The van der Waals surface area contributed by atoms with E-state index in [4.69, 9.17) is 4.98 Å². The maximum Gasteiger partial charge on any atom is 0.115 e. The van der Waals surface area contributed by atoms with Crippen LogP contribution in [0.15, 0.2) is 66.7 Å². The molecule has 1 aromatic heterocycles. The van der Waals surface area contributed by atoms with Crippen LogP contribution in [0, 0.1) is 6.92 Å².